The Balaban J connectivity index is 0.00000243. The summed E-state index contributed by atoms with van der Waals surface area (Å²) >= 11 is 0. The zero-order chi connectivity index (χ0) is 17.8. The van der Waals surface area contributed by atoms with Crippen LogP contribution < -0.4 is 4.43 Å². The molecule has 3 aromatic rings. The standard InChI is InChI=1S/C20H23N3OSi/c1-15-9-8-12-18(24-25(3)4)19(15)22-20(16-10-6-5-7-11-16)17-13-21-23(2)14-17/h5-14,25H,1-4H3/p+1. The Kier molecular flexibility index (Phi) is 5.14. The molecule has 25 heavy (non-hydrogen) atoms. The van der Waals surface area contributed by atoms with E-state index in [0.717, 1.165) is 33.8 Å². The minimum atomic E-state index is -1.22. The third-order valence-electron chi connectivity index (χ3n) is 3.81. The van der Waals surface area contributed by atoms with Crippen molar-refractivity contribution in [2.24, 2.45) is 12.0 Å². The minimum absolute atomic E-state index is 0. The van der Waals surface area contributed by atoms with Crippen molar-refractivity contribution in [3.8, 4) is 5.75 Å². The third kappa shape index (κ3) is 4.06. The highest BCUT2D eigenvalue weighted by Gasteiger charge is 2.13. The summed E-state index contributed by atoms with van der Waals surface area (Å²) in [5, 5.41) is 4.31. The highest BCUT2D eigenvalue weighted by molar-refractivity contribution is 6.49. The average molecular weight is 351 g/mol. The Morgan fingerprint density at radius 3 is 2.48 bits per heavy atom. The van der Waals surface area contributed by atoms with Crippen LogP contribution in [0.1, 0.15) is 18.1 Å². The van der Waals surface area contributed by atoms with Crippen molar-refractivity contribution < 1.29 is 5.85 Å². The number of nitrogens with zero attached hydrogens (tertiary/aromatic N) is 3. The highest BCUT2D eigenvalue weighted by Crippen LogP contribution is 2.33. The van der Waals surface area contributed by atoms with E-state index in [9.17, 15) is 0 Å². The summed E-state index contributed by atoms with van der Waals surface area (Å²) in [5.41, 5.74) is 4.95. The molecular formula is C20H24N3OSi+. The van der Waals surface area contributed by atoms with Gasteiger partial charge in [-0.2, -0.15) is 5.10 Å². The fraction of sp³-hybridized carbons (Fsp3) is 0.200. The van der Waals surface area contributed by atoms with E-state index in [4.69, 9.17) is 9.42 Å². The number of rotatable bonds is 5. The second-order valence-corrected chi connectivity index (χ2v) is 8.65. The molecule has 0 aliphatic rings. The summed E-state index contributed by atoms with van der Waals surface area (Å²) in [5.74, 6) is 0.860. The number of para-hydroxylation sites is 1. The molecule has 5 heteroatoms. The van der Waals surface area contributed by atoms with E-state index in [1.165, 1.54) is 0 Å². The zero-order valence-electron chi connectivity index (χ0n) is 16.1. The topological polar surface area (TPSA) is 39.4 Å². The largest absolute Gasteiger partial charge is 1.00 e. The molecule has 1 aromatic heterocycles. The summed E-state index contributed by atoms with van der Waals surface area (Å²) in [6.07, 6.45) is 3.84. The van der Waals surface area contributed by atoms with Crippen molar-refractivity contribution in [3.05, 3.63) is 77.6 Å². The first-order valence-corrected chi connectivity index (χ1v) is 11.2. The van der Waals surface area contributed by atoms with Crippen molar-refractivity contribution in [1.29, 1.82) is 0 Å². The molecule has 0 radical (unpaired) electrons. The number of hydrogen-bond acceptors (Lipinski definition) is 3. The van der Waals surface area contributed by atoms with E-state index in [-0.39, 0.29) is 1.43 Å². The first-order chi connectivity index (χ1) is 12.0. The summed E-state index contributed by atoms with van der Waals surface area (Å²) < 4.78 is 7.91. The lowest BCUT2D eigenvalue weighted by Crippen LogP contribution is -2.11. The van der Waals surface area contributed by atoms with Gasteiger partial charge in [-0.05, 0) is 31.6 Å². The van der Waals surface area contributed by atoms with Gasteiger partial charge in [0.25, 0.3) is 0 Å². The van der Waals surface area contributed by atoms with E-state index in [2.05, 4.69) is 43.3 Å². The molecule has 0 aliphatic heterocycles. The summed E-state index contributed by atoms with van der Waals surface area (Å²) in [4.78, 5) is 5.03. The monoisotopic (exact) mass is 350 g/mol. The van der Waals surface area contributed by atoms with Gasteiger partial charge >= 0.3 is 1.43 Å². The molecule has 0 spiro atoms. The minimum Gasteiger partial charge on any atom is -0.546 e. The Hall–Kier alpha value is -2.66. The van der Waals surface area contributed by atoms with Gasteiger partial charge in [0, 0.05) is 24.4 Å². The molecule has 0 fully saturated rings. The van der Waals surface area contributed by atoms with Crippen LogP contribution in [0, 0.1) is 6.92 Å². The van der Waals surface area contributed by atoms with Crippen molar-refractivity contribution in [3.63, 3.8) is 0 Å². The van der Waals surface area contributed by atoms with E-state index >= 15 is 0 Å². The van der Waals surface area contributed by atoms with Crippen LogP contribution in [0.3, 0.4) is 0 Å². The zero-order valence-corrected chi connectivity index (χ0v) is 16.3. The lowest BCUT2D eigenvalue weighted by Gasteiger charge is -2.15. The maximum absolute atomic E-state index is 6.11. The molecule has 2 aromatic carbocycles. The van der Waals surface area contributed by atoms with Gasteiger partial charge in [0.05, 0.1) is 11.9 Å². The third-order valence-corrected chi connectivity index (χ3v) is 4.54. The first kappa shape index (κ1) is 17.2. The molecule has 128 valence electrons. The van der Waals surface area contributed by atoms with Crippen LogP contribution >= 0.6 is 0 Å². The van der Waals surface area contributed by atoms with Gasteiger partial charge in [0.2, 0.25) is 9.04 Å². The van der Waals surface area contributed by atoms with Crippen LogP contribution in [-0.2, 0) is 7.05 Å². The molecule has 0 N–H and O–H groups in total. The highest BCUT2D eigenvalue weighted by atomic mass is 28.3. The second kappa shape index (κ2) is 7.48. The molecule has 0 unspecified atom stereocenters. The van der Waals surface area contributed by atoms with Crippen molar-refractivity contribution in [2.75, 3.05) is 0 Å². The van der Waals surface area contributed by atoms with Gasteiger partial charge in [-0.15, -0.1) is 0 Å². The van der Waals surface area contributed by atoms with E-state index in [1.807, 2.05) is 49.8 Å². The van der Waals surface area contributed by atoms with Gasteiger partial charge in [-0.25, -0.2) is 4.99 Å². The van der Waals surface area contributed by atoms with Crippen molar-refractivity contribution in [2.45, 2.75) is 20.0 Å². The van der Waals surface area contributed by atoms with E-state index < -0.39 is 9.04 Å². The normalized spacial score (nSPS) is 11.8. The quantitative estimate of drug-likeness (QED) is 0.506. The number of benzene rings is 2. The molecular weight excluding hydrogens is 326 g/mol. The molecule has 0 saturated carbocycles. The molecule has 0 aliphatic carbocycles. The molecule has 1 heterocycles. The summed E-state index contributed by atoms with van der Waals surface area (Å²) in [6, 6.07) is 16.3. The lowest BCUT2D eigenvalue weighted by molar-refractivity contribution is 0.581. The van der Waals surface area contributed by atoms with Crippen LogP contribution in [0.2, 0.25) is 13.1 Å². The Bertz CT molecular complexity index is 891. The molecule has 0 saturated heterocycles. The molecule has 0 bridgehead atoms. The van der Waals surface area contributed by atoms with Crippen LogP contribution in [0.25, 0.3) is 0 Å². The number of aromatic nitrogens is 2. The van der Waals surface area contributed by atoms with Gasteiger partial charge < -0.3 is 4.43 Å². The molecule has 4 nitrogen and oxygen atoms in total. The Morgan fingerprint density at radius 2 is 1.84 bits per heavy atom. The molecule has 0 amide bonds. The van der Waals surface area contributed by atoms with Crippen molar-refractivity contribution >= 4 is 20.4 Å². The fourth-order valence-electron chi connectivity index (χ4n) is 2.67. The van der Waals surface area contributed by atoms with Gasteiger partial charge in [-0.3, -0.25) is 4.68 Å². The molecule has 0 atom stereocenters. The fourth-order valence-corrected chi connectivity index (χ4v) is 3.37. The lowest BCUT2D eigenvalue weighted by atomic mass is 10.0. The van der Waals surface area contributed by atoms with Crippen LogP contribution in [0.4, 0.5) is 5.69 Å². The smallest absolute Gasteiger partial charge is 0.546 e. The van der Waals surface area contributed by atoms with Crippen LogP contribution in [-0.4, -0.2) is 24.5 Å². The Morgan fingerprint density at radius 1 is 1.08 bits per heavy atom. The predicted molar refractivity (Wildman–Crippen MR) is 107 cm³/mol. The van der Waals surface area contributed by atoms with Crippen LogP contribution in [0.15, 0.2) is 65.9 Å². The maximum atomic E-state index is 6.11. The van der Waals surface area contributed by atoms with E-state index in [0.29, 0.717) is 0 Å². The number of aryl methyl sites for hydroxylation is 2. The maximum Gasteiger partial charge on any atom is 1.00 e. The van der Waals surface area contributed by atoms with Crippen LogP contribution in [0.5, 0.6) is 5.75 Å². The first-order valence-electron chi connectivity index (χ1n) is 8.44. The summed E-state index contributed by atoms with van der Waals surface area (Å²) in [7, 11) is 0.695. The van der Waals surface area contributed by atoms with E-state index in [1.54, 1.807) is 4.68 Å². The number of hydrogen-bond donors (Lipinski definition) is 0. The SMILES string of the molecule is Cc1cccc(O[SiH](C)C)c1N=C(c1ccccc1)c1cnn(C)c1.[H+]. The predicted octanol–water partition coefficient (Wildman–Crippen LogP) is 4.37. The van der Waals surface area contributed by atoms with Gasteiger partial charge in [0.1, 0.15) is 11.4 Å². The van der Waals surface area contributed by atoms with Gasteiger partial charge in [-0.1, -0.05) is 42.5 Å². The number of aliphatic imine (C=N–C) groups is 1. The Labute approximate surface area is 152 Å². The van der Waals surface area contributed by atoms with Gasteiger partial charge in [0.15, 0.2) is 0 Å². The summed E-state index contributed by atoms with van der Waals surface area (Å²) in [6.45, 7) is 6.39. The average Bonchev–Trinajstić information content (AvgIpc) is 3.01. The van der Waals surface area contributed by atoms with Crippen molar-refractivity contribution in [1.82, 2.24) is 9.78 Å². The molecule has 3 rings (SSSR count). The second-order valence-electron chi connectivity index (χ2n) is 6.32.